The fourth-order valence-electron chi connectivity index (χ4n) is 2.51. The summed E-state index contributed by atoms with van der Waals surface area (Å²) < 4.78 is 10.9. The molecular weight excluding hydrogens is 306 g/mol. The molecule has 1 aliphatic heterocycles. The number of fused-ring (bicyclic) bond motifs is 1. The average Bonchev–Trinajstić information content (AvgIpc) is 3.29. The minimum Gasteiger partial charge on any atom is -0.463 e. The Balaban J connectivity index is 1.38. The first-order valence-electron chi connectivity index (χ1n) is 7.58. The number of pyridine rings is 1. The second kappa shape index (κ2) is 6.08. The van der Waals surface area contributed by atoms with Crippen molar-refractivity contribution in [1.29, 1.82) is 0 Å². The summed E-state index contributed by atoms with van der Waals surface area (Å²) >= 11 is 0. The quantitative estimate of drug-likeness (QED) is 0.772. The summed E-state index contributed by atoms with van der Waals surface area (Å²) in [6, 6.07) is 14.9. The van der Waals surface area contributed by atoms with Gasteiger partial charge in [0.05, 0.1) is 6.26 Å². The molecule has 1 atom stereocenters. The SMILES string of the molecule is O=C(NCc1ccc(C2Nc3ncccc3O2)cc1)c1ccco1. The number of furan rings is 1. The van der Waals surface area contributed by atoms with Crippen molar-refractivity contribution in [3.8, 4) is 5.75 Å². The molecule has 4 rings (SSSR count). The highest BCUT2D eigenvalue weighted by Gasteiger charge is 2.23. The summed E-state index contributed by atoms with van der Waals surface area (Å²) in [4.78, 5) is 16.1. The summed E-state index contributed by atoms with van der Waals surface area (Å²) in [7, 11) is 0. The number of benzene rings is 1. The number of ether oxygens (including phenoxy) is 1. The maximum absolute atomic E-state index is 11.8. The maximum atomic E-state index is 11.8. The van der Waals surface area contributed by atoms with Crippen molar-refractivity contribution >= 4 is 11.7 Å². The molecule has 2 N–H and O–H groups in total. The highest BCUT2D eigenvalue weighted by atomic mass is 16.5. The Bertz CT molecular complexity index is 819. The standard InChI is InChI=1S/C18H15N3O3/c22-17(15-4-2-10-23-15)20-11-12-5-7-13(8-6-12)18-21-16-14(24-18)3-1-9-19-16/h1-10,18H,11H2,(H,19,21)(H,20,22). The van der Waals surface area contributed by atoms with E-state index in [1.54, 1.807) is 18.3 Å². The van der Waals surface area contributed by atoms with Crippen molar-refractivity contribution in [1.82, 2.24) is 10.3 Å². The number of nitrogens with zero attached hydrogens (tertiary/aromatic N) is 1. The topological polar surface area (TPSA) is 76.4 Å². The summed E-state index contributed by atoms with van der Waals surface area (Å²) in [6.45, 7) is 0.431. The Hall–Kier alpha value is -3.28. The van der Waals surface area contributed by atoms with Crippen molar-refractivity contribution in [2.75, 3.05) is 5.32 Å². The van der Waals surface area contributed by atoms with E-state index in [-0.39, 0.29) is 12.1 Å². The summed E-state index contributed by atoms with van der Waals surface area (Å²) in [6.07, 6.45) is 2.95. The molecule has 0 saturated heterocycles. The van der Waals surface area contributed by atoms with Crippen LogP contribution in [0.15, 0.2) is 65.4 Å². The number of amides is 1. The predicted molar refractivity (Wildman–Crippen MR) is 87.5 cm³/mol. The van der Waals surface area contributed by atoms with E-state index in [4.69, 9.17) is 9.15 Å². The number of carbonyl (C=O) groups is 1. The van der Waals surface area contributed by atoms with Crippen LogP contribution < -0.4 is 15.4 Å². The van der Waals surface area contributed by atoms with Gasteiger partial charge in [0.15, 0.2) is 23.6 Å². The summed E-state index contributed by atoms with van der Waals surface area (Å²) in [5.74, 6) is 1.57. The van der Waals surface area contributed by atoms with Gasteiger partial charge in [-0.15, -0.1) is 0 Å². The van der Waals surface area contributed by atoms with Crippen LogP contribution in [0.25, 0.3) is 0 Å². The molecule has 0 spiro atoms. The fraction of sp³-hybridized carbons (Fsp3) is 0.111. The van der Waals surface area contributed by atoms with Gasteiger partial charge in [0.25, 0.3) is 5.91 Å². The van der Waals surface area contributed by atoms with Crippen LogP contribution in [0.3, 0.4) is 0 Å². The molecule has 120 valence electrons. The van der Waals surface area contributed by atoms with E-state index >= 15 is 0 Å². The van der Waals surface area contributed by atoms with Gasteiger partial charge in [-0.2, -0.15) is 0 Å². The summed E-state index contributed by atoms with van der Waals surface area (Å²) in [5.41, 5.74) is 1.99. The van der Waals surface area contributed by atoms with Crippen LogP contribution in [-0.4, -0.2) is 10.9 Å². The van der Waals surface area contributed by atoms with Crippen LogP contribution >= 0.6 is 0 Å². The lowest BCUT2D eigenvalue weighted by molar-refractivity contribution is 0.0923. The van der Waals surface area contributed by atoms with Crippen LogP contribution in [0.4, 0.5) is 5.82 Å². The molecule has 6 nitrogen and oxygen atoms in total. The van der Waals surface area contributed by atoms with Gasteiger partial charge < -0.3 is 19.8 Å². The van der Waals surface area contributed by atoms with Gasteiger partial charge in [0.1, 0.15) is 0 Å². The molecule has 0 radical (unpaired) electrons. The second-order valence-electron chi connectivity index (χ2n) is 5.39. The van der Waals surface area contributed by atoms with Crippen LogP contribution in [0.1, 0.15) is 27.9 Å². The van der Waals surface area contributed by atoms with Gasteiger partial charge in [-0.05, 0) is 29.8 Å². The van der Waals surface area contributed by atoms with Crippen molar-refractivity contribution in [3.05, 3.63) is 77.9 Å². The van der Waals surface area contributed by atoms with Crippen molar-refractivity contribution in [2.45, 2.75) is 12.8 Å². The lowest BCUT2D eigenvalue weighted by atomic mass is 10.1. The minimum atomic E-state index is -0.248. The zero-order valence-corrected chi connectivity index (χ0v) is 12.7. The lowest BCUT2D eigenvalue weighted by Gasteiger charge is -2.12. The molecule has 0 fully saturated rings. The van der Waals surface area contributed by atoms with Gasteiger partial charge >= 0.3 is 0 Å². The largest absolute Gasteiger partial charge is 0.463 e. The molecule has 0 aliphatic carbocycles. The third-order valence-corrected chi connectivity index (χ3v) is 3.76. The molecule has 1 aromatic carbocycles. The fourth-order valence-corrected chi connectivity index (χ4v) is 2.51. The first kappa shape index (κ1) is 14.3. The molecule has 3 aromatic rings. The molecule has 1 aliphatic rings. The van der Waals surface area contributed by atoms with Crippen LogP contribution in [-0.2, 0) is 6.54 Å². The van der Waals surface area contributed by atoms with E-state index in [0.717, 1.165) is 22.7 Å². The highest BCUT2D eigenvalue weighted by Crippen LogP contribution is 2.35. The van der Waals surface area contributed by atoms with Crippen LogP contribution in [0.2, 0.25) is 0 Å². The van der Waals surface area contributed by atoms with Crippen LogP contribution in [0, 0.1) is 0 Å². The number of rotatable bonds is 4. The smallest absolute Gasteiger partial charge is 0.287 e. The molecule has 3 heterocycles. The monoisotopic (exact) mass is 321 g/mol. The Morgan fingerprint density at radius 1 is 1.17 bits per heavy atom. The summed E-state index contributed by atoms with van der Waals surface area (Å²) in [5, 5.41) is 6.04. The number of carbonyl (C=O) groups excluding carboxylic acids is 1. The number of hydrogen-bond acceptors (Lipinski definition) is 5. The zero-order chi connectivity index (χ0) is 16.4. The van der Waals surface area contributed by atoms with E-state index in [1.165, 1.54) is 6.26 Å². The number of hydrogen-bond donors (Lipinski definition) is 2. The van der Waals surface area contributed by atoms with E-state index in [9.17, 15) is 4.79 Å². The number of anilines is 1. The van der Waals surface area contributed by atoms with Gasteiger partial charge in [-0.1, -0.05) is 24.3 Å². The molecule has 24 heavy (non-hydrogen) atoms. The Morgan fingerprint density at radius 3 is 2.79 bits per heavy atom. The van der Waals surface area contributed by atoms with E-state index in [2.05, 4.69) is 15.6 Å². The molecule has 0 saturated carbocycles. The molecule has 1 amide bonds. The Labute approximate surface area is 138 Å². The van der Waals surface area contributed by atoms with E-state index in [1.807, 2.05) is 36.4 Å². The minimum absolute atomic E-state index is 0.230. The second-order valence-corrected chi connectivity index (χ2v) is 5.39. The first-order valence-corrected chi connectivity index (χ1v) is 7.58. The van der Waals surface area contributed by atoms with Gasteiger partial charge in [0.2, 0.25) is 0 Å². The zero-order valence-electron chi connectivity index (χ0n) is 12.7. The van der Waals surface area contributed by atoms with E-state index in [0.29, 0.717) is 12.3 Å². The third kappa shape index (κ3) is 2.81. The molecule has 6 heteroatoms. The highest BCUT2D eigenvalue weighted by molar-refractivity contribution is 5.91. The van der Waals surface area contributed by atoms with E-state index < -0.39 is 0 Å². The normalized spacial score (nSPS) is 15.2. The predicted octanol–water partition coefficient (Wildman–Crippen LogP) is 3.11. The third-order valence-electron chi connectivity index (χ3n) is 3.76. The van der Waals surface area contributed by atoms with Crippen molar-refractivity contribution < 1.29 is 13.9 Å². The molecular formula is C18H15N3O3. The number of aromatic nitrogens is 1. The van der Waals surface area contributed by atoms with Crippen LogP contribution in [0.5, 0.6) is 5.75 Å². The van der Waals surface area contributed by atoms with Gasteiger partial charge in [-0.25, -0.2) is 4.98 Å². The van der Waals surface area contributed by atoms with Gasteiger partial charge in [0, 0.05) is 18.3 Å². The lowest BCUT2D eigenvalue weighted by Crippen LogP contribution is -2.22. The molecule has 2 aromatic heterocycles. The maximum Gasteiger partial charge on any atom is 0.287 e. The van der Waals surface area contributed by atoms with Gasteiger partial charge in [-0.3, -0.25) is 4.79 Å². The van der Waals surface area contributed by atoms with Crippen molar-refractivity contribution in [3.63, 3.8) is 0 Å². The average molecular weight is 321 g/mol. The first-order chi connectivity index (χ1) is 11.8. The Morgan fingerprint density at radius 2 is 2.04 bits per heavy atom. The Kier molecular flexibility index (Phi) is 3.63. The number of nitrogens with one attached hydrogen (secondary N) is 2. The van der Waals surface area contributed by atoms with Crippen molar-refractivity contribution in [2.24, 2.45) is 0 Å². The molecule has 0 bridgehead atoms. The molecule has 1 unspecified atom stereocenters.